The van der Waals surface area contributed by atoms with Crippen molar-refractivity contribution >= 4 is 23.0 Å². The Morgan fingerprint density at radius 1 is 1.57 bits per heavy atom. The second-order valence-electron chi connectivity index (χ2n) is 4.50. The minimum absolute atomic E-state index is 0.322. The van der Waals surface area contributed by atoms with Crippen LogP contribution in [0, 0.1) is 11.3 Å². The van der Waals surface area contributed by atoms with E-state index in [-0.39, 0.29) is 0 Å². The number of nitrogens with zero attached hydrogens (tertiary/aromatic N) is 3. The van der Waals surface area contributed by atoms with Crippen molar-refractivity contribution in [1.29, 1.82) is 5.26 Å². The first-order valence-electron chi connectivity index (χ1n) is 6.27. The normalized spacial score (nSPS) is 13.2. The molecule has 0 fully saturated rings. The third kappa shape index (κ3) is 2.66. The SMILES string of the molecule is N#Cc1cnc2c(c1)N(Cc1ccc(C(=O)O)s1)CCO2. The molecule has 3 heterocycles. The fraction of sp³-hybridized carbons (Fsp3) is 0.214. The Morgan fingerprint density at radius 2 is 2.43 bits per heavy atom. The number of carboxylic acid groups (broad SMARTS) is 1. The van der Waals surface area contributed by atoms with E-state index >= 15 is 0 Å². The van der Waals surface area contributed by atoms with Crippen molar-refractivity contribution in [1.82, 2.24) is 4.98 Å². The number of hydrogen-bond donors (Lipinski definition) is 1. The monoisotopic (exact) mass is 301 g/mol. The van der Waals surface area contributed by atoms with Gasteiger partial charge in [-0.15, -0.1) is 11.3 Å². The van der Waals surface area contributed by atoms with Gasteiger partial charge in [0.05, 0.1) is 18.7 Å². The first-order chi connectivity index (χ1) is 10.2. The number of aromatic nitrogens is 1. The molecule has 0 spiro atoms. The van der Waals surface area contributed by atoms with Gasteiger partial charge in [0.15, 0.2) is 0 Å². The van der Waals surface area contributed by atoms with Crippen molar-refractivity contribution in [3.05, 3.63) is 39.7 Å². The third-order valence-electron chi connectivity index (χ3n) is 3.12. The Balaban J connectivity index is 1.87. The molecule has 2 aromatic heterocycles. The van der Waals surface area contributed by atoms with Crippen LogP contribution in [0.15, 0.2) is 24.4 Å². The Hall–Kier alpha value is -2.59. The molecule has 0 amide bonds. The van der Waals surface area contributed by atoms with Gasteiger partial charge in [0, 0.05) is 11.1 Å². The molecule has 1 N–H and O–H groups in total. The maximum absolute atomic E-state index is 10.9. The summed E-state index contributed by atoms with van der Waals surface area (Å²) in [6, 6.07) is 7.22. The molecule has 106 valence electrons. The lowest BCUT2D eigenvalue weighted by Gasteiger charge is -2.30. The Kier molecular flexibility index (Phi) is 3.46. The van der Waals surface area contributed by atoms with Crippen molar-refractivity contribution in [3.8, 4) is 11.9 Å². The number of nitriles is 1. The van der Waals surface area contributed by atoms with Gasteiger partial charge in [-0.1, -0.05) is 0 Å². The molecule has 1 aliphatic rings. The molecule has 0 saturated heterocycles. The van der Waals surface area contributed by atoms with Gasteiger partial charge in [-0.25, -0.2) is 9.78 Å². The molecule has 1 aliphatic heterocycles. The summed E-state index contributed by atoms with van der Waals surface area (Å²) in [5.41, 5.74) is 1.24. The van der Waals surface area contributed by atoms with Crippen LogP contribution in [0.25, 0.3) is 0 Å². The molecule has 3 rings (SSSR count). The fourth-order valence-corrected chi connectivity index (χ4v) is 3.00. The molecule has 6 nitrogen and oxygen atoms in total. The predicted octanol–water partition coefficient (Wildman–Crippen LogP) is 2.11. The number of carbonyl (C=O) groups is 1. The lowest BCUT2D eigenvalue weighted by molar-refractivity contribution is 0.0702. The van der Waals surface area contributed by atoms with E-state index in [1.54, 1.807) is 12.1 Å². The number of carboxylic acids is 1. The van der Waals surface area contributed by atoms with Crippen molar-refractivity contribution < 1.29 is 14.6 Å². The molecule has 21 heavy (non-hydrogen) atoms. The maximum Gasteiger partial charge on any atom is 0.345 e. The smallest absolute Gasteiger partial charge is 0.345 e. The average Bonchev–Trinajstić information content (AvgIpc) is 2.96. The van der Waals surface area contributed by atoms with Gasteiger partial charge in [-0.3, -0.25) is 0 Å². The van der Waals surface area contributed by atoms with E-state index in [0.717, 1.165) is 10.6 Å². The van der Waals surface area contributed by atoms with Crippen LogP contribution in [0.4, 0.5) is 5.69 Å². The van der Waals surface area contributed by atoms with Crippen molar-refractivity contribution in [2.24, 2.45) is 0 Å². The molecular weight excluding hydrogens is 290 g/mol. The first kappa shape index (κ1) is 13.4. The predicted molar refractivity (Wildman–Crippen MR) is 76.8 cm³/mol. The molecule has 0 aliphatic carbocycles. The molecule has 0 saturated carbocycles. The highest BCUT2D eigenvalue weighted by Crippen LogP contribution is 2.32. The fourth-order valence-electron chi connectivity index (χ4n) is 2.14. The Bertz CT molecular complexity index is 735. The van der Waals surface area contributed by atoms with E-state index in [1.165, 1.54) is 17.5 Å². The highest BCUT2D eigenvalue weighted by Gasteiger charge is 2.21. The van der Waals surface area contributed by atoms with Crippen LogP contribution in [0.3, 0.4) is 0 Å². The van der Waals surface area contributed by atoms with Crippen LogP contribution in [-0.2, 0) is 6.54 Å². The van der Waals surface area contributed by atoms with Gasteiger partial charge >= 0.3 is 5.97 Å². The topological polar surface area (TPSA) is 86.5 Å². The maximum atomic E-state index is 10.9. The van der Waals surface area contributed by atoms with E-state index in [4.69, 9.17) is 15.1 Å². The molecule has 7 heteroatoms. The minimum Gasteiger partial charge on any atom is -0.477 e. The highest BCUT2D eigenvalue weighted by atomic mass is 32.1. The number of thiophene rings is 1. The number of aromatic carboxylic acids is 1. The zero-order valence-electron chi connectivity index (χ0n) is 10.9. The molecule has 0 bridgehead atoms. The van der Waals surface area contributed by atoms with E-state index in [0.29, 0.717) is 36.0 Å². The summed E-state index contributed by atoms with van der Waals surface area (Å²) < 4.78 is 5.48. The lowest BCUT2D eigenvalue weighted by Crippen LogP contribution is -2.32. The second kappa shape index (κ2) is 5.42. The number of ether oxygens (including phenoxy) is 1. The lowest BCUT2D eigenvalue weighted by atomic mass is 10.2. The van der Waals surface area contributed by atoms with Gasteiger partial charge in [0.1, 0.15) is 23.2 Å². The van der Waals surface area contributed by atoms with Gasteiger partial charge in [0.2, 0.25) is 5.88 Å². The summed E-state index contributed by atoms with van der Waals surface area (Å²) >= 11 is 1.25. The zero-order valence-corrected chi connectivity index (χ0v) is 11.8. The summed E-state index contributed by atoms with van der Waals surface area (Å²) in [6.07, 6.45) is 1.48. The van der Waals surface area contributed by atoms with Crippen LogP contribution in [-0.4, -0.2) is 29.2 Å². The third-order valence-corrected chi connectivity index (χ3v) is 4.18. The number of hydrogen-bond acceptors (Lipinski definition) is 6. The number of anilines is 1. The minimum atomic E-state index is -0.915. The summed E-state index contributed by atoms with van der Waals surface area (Å²) in [5, 5.41) is 17.9. The summed E-state index contributed by atoms with van der Waals surface area (Å²) in [4.78, 5) is 18.4. The van der Waals surface area contributed by atoms with Crippen LogP contribution >= 0.6 is 11.3 Å². The molecule has 2 aromatic rings. The van der Waals surface area contributed by atoms with Gasteiger partial charge in [-0.05, 0) is 18.2 Å². The van der Waals surface area contributed by atoms with Gasteiger partial charge < -0.3 is 14.7 Å². The van der Waals surface area contributed by atoms with E-state index in [9.17, 15) is 4.79 Å². The van der Waals surface area contributed by atoms with Crippen LogP contribution in [0.2, 0.25) is 0 Å². The second-order valence-corrected chi connectivity index (χ2v) is 5.67. The Morgan fingerprint density at radius 3 is 3.14 bits per heavy atom. The average molecular weight is 301 g/mol. The van der Waals surface area contributed by atoms with E-state index in [1.807, 2.05) is 11.0 Å². The largest absolute Gasteiger partial charge is 0.477 e. The molecular formula is C14H11N3O3S. The summed E-state index contributed by atoms with van der Waals surface area (Å²) in [6.45, 7) is 1.76. The van der Waals surface area contributed by atoms with Crippen LogP contribution < -0.4 is 9.64 Å². The van der Waals surface area contributed by atoms with Crippen molar-refractivity contribution in [3.63, 3.8) is 0 Å². The van der Waals surface area contributed by atoms with Crippen molar-refractivity contribution in [2.75, 3.05) is 18.1 Å². The van der Waals surface area contributed by atoms with Crippen LogP contribution in [0.5, 0.6) is 5.88 Å². The molecule has 0 unspecified atom stereocenters. The standard InChI is InChI=1S/C14H11N3O3S/c15-6-9-5-11-13(16-7-9)20-4-3-17(11)8-10-1-2-12(21-10)14(18)19/h1-2,5,7H,3-4,8H2,(H,18,19). The first-order valence-corrected chi connectivity index (χ1v) is 7.09. The molecule has 0 radical (unpaired) electrons. The van der Waals surface area contributed by atoms with Gasteiger partial charge in [-0.2, -0.15) is 5.26 Å². The number of fused-ring (bicyclic) bond motifs is 1. The van der Waals surface area contributed by atoms with Crippen LogP contribution in [0.1, 0.15) is 20.1 Å². The summed E-state index contributed by atoms with van der Waals surface area (Å²) in [7, 11) is 0. The van der Waals surface area contributed by atoms with E-state index < -0.39 is 5.97 Å². The number of pyridine rings is 1. The quantitative estimate of drug-likeness (QED) is 0.934. The summed E-state index contributed by atoms with van der Waals surface area (Å²) in [5.74, 6) is -0.405. The van der Waals surface area contributed by atoms with Gasteiger partial charge in [0.25, 0.3) is 0 Å². The van der Waals surface area contributed by atoms with Crippen molar-refractivity contribution in [2.45, 2.75) is 6.54 Å². The molecule has 0 atom stereocenters. The number of rotatable bonds is 3. The molecule has 0 aromatic carbocycles. The van der Waals surface area contributed by atoms with E-state index in [2.05, 4.69) is 11.1 Å². The zero-order chi connectivity index (χ0) is 14.8. The highest BCUT2D eigenvalue weighted by molar-refractivity contribution is 7.13. The Labute approximate surface area is 124 Å².